The summed E-state index contributed by atoms with van der Waals surface area (Å²) in [6.07, 6.45) is 0.852. The average Bonchev–Trinajstić information content (AvgIpc) is 2.65. The number of phenols is 1. The number of hydrogen-bond donors (Lipinski definition) is 2. The van der Waals surface area contributed by atoms with Gasteiger partial charge in [0.2, 0.25) is 11.2 Å². The van der Waals surface area contributed by atoms with Crippen molar-refractivity contribution in [3.05, 3.63) is 18.2 Å². The van der Waals surface area contributed by atoms with E-state index in [-0.39, 0.29) is 11.4 Å². The summed E-state index contributed by atoms with van der Waals surface area (Å²) < 4.78 is 19.9. The summed E-state index contributed by atoms with van der Waals surface area (Å²) in [5.41, 5.74) is -0.0290. The molecule has 1 heterocycles. The van der Waals surface area contributed by atoms with Crippen LogP contribution in [-0.4, -0.2) is 27.7 Å². The predicted octanol–water partition coefficient (Wildman–Crippen LogP) is 0.859. The van der Waals surface area contributed by atoms with E-state index in [1.807, 2.05) is 4.72 Å². The fourth-order valence-electron chi connectivity index (χ4n) is 1.70. The van der Waals surface area contributed by atoms with Crippen molar-refractivity contribution in [2.75, 3.05) is 10.9 Å². The molecule has 2 amide bonds. The maximum Gasteiger partial charge on any atom is 0.330 e. The van der Waals surface area contributed by atoms with Crippen LogP contribution < -0.4 is 13.8 Å². The van der Waals surface area contributed by atoms with Crippen LogP contribution in [0.5, 0.6) is 11.5 Å². The predicted molar refractivity (Wildman–Crippen MR) is 76.8 cm³/mol. The number of carbonyl (C=O) groups excluding carboxylic acids is 2. The molecule has 7 nitrogen and oxygen atoms in total. The molecule has 0 aliphatic carbocycles. The van der Waals surface area contributed by atoms with E-state index in [0.717, 1.165) is 6.42 Å². The Hall–Kier alpha value is -2.09. The zero-order valence-electron chi connectivity index (χ0n) is 11.7. The van der Waals surface area contributed by atoms with Gasteiger partial charge in [-0.3, -0.25) is 9.59 Å². The number of carbonyl (C=O) groups is 2. The molecular weight excluding hydrogens is 296 g/mol. The van der Waals surface area contributed by atoms with Crippen LogP contribution in [0.3, 0.4) is 0 Å². The van der Waals surface area contributed by atoms with Gasteiger partial charge < -0.3 is 9.84 Å². The van der Waals surface area contributed by atoms with Crippen molar-refractivity contribution in [2.24, 2.45) is 5.92 Å². The van der Waals surface area contributed by atoms with Crippen molar-refractivity contribution in [1.82, 2.24) is 4.72 Å². The van der Waals surface area contributed by atoms with Gasteiger partial charge in [0.1, 0.15) is 17.2 Å². The van der Waals surface area contributed by atoms with Gasteiger partial charge in [0, 0.05) is 6.07 Å². The molecule has 0 aromatic heterocycles. The van der Waals surface area contributed by atoms with Gasteiger partial charge in [0.15, 0.2) is 0 Å². The highest BCUT2D eigenvalue weighted by atomic mass is 32.2. The molecule has 8 heteroatoms. The summed E-state index contributed by atoms with van der Waals surface area (Å²) in [6, 6.07) is 4.25. The molecule has 0 saturated carbocycles. The highest BCUT2D eigenvalue weighted by molar-refractivity contribution is 7.87. The summed E-state index contributed by atoms with van der Waals surface area (Å²) in [6.45, 7) is 4.61. The van der Waals surface area contributed by atoms with Gasteiger partial charge in [-0.15, -0.1) is 0 Å². The number of phenolic OH excluding ortho intramolecular Hbond substituents is 1. The molecule has 0 radical (unpaired) electrons. The Bertz CT molecular complexity index is 602. The van der Waals surface area contributed by atoms with Crippen LogP contribution in [0.25, 0.3) is 0 Å². The zero-order chi connectivity index (χ0) is 15.6. The molecule has 0 bridgehead atoms. The Morgan fingerprint density at radius 1 is 1.38 bits per heavy atom. The van der Waals surface area contributed by atoms with E-state index in [0.29, 0.717) is 22.6 Å². The average molecular weight is 312 g/mol. The molecular formula is C13H16N2O5S. The van der Waals surface area contributed by atoms with Crippen molar-refractivity contribution < 1.29 is 23.6 Å². The quantitative estimate of drug-likeness (QED) is 0.786. The lowest BCUT2D eigenvalue weighted by atomic mass is 10.1. The summed E-state index contributed by atoms with van der Waals surface area (Å²) >= 11 is -2.03. The van der Waals surface area contributed by atoms with Gasteiger partial charge in [-0.1, -0.05) is 13.8 Å². The highest BCUT2D eigenvalue weighted by Gasteiger charge is 2.38. The minimum atomic E-state index is -2.03. The summed E-state index contributed by atoms with van der Waals surface area (Å²) in [5, 5.41) is 9.81. The van der Waals surface area contributed by atoms with Crippen LogP contribution >= 0.6 is 0 Å². The molecule has 2 N–H and O–H groups in total. The summed E-state index contributed by atoms with van der Waals surface area (Å²) in [5.74, 6) is -1.31. The fraction of sp³-hybridized carbons (Fsp3) is 0.385. The smallest absolute Gasteiger partial charge is 0.330 e. The second-order valence-corrected chi connectivity index (χ2v) is 6.03. The maximum atomic E-state index is 11.7. The number of ether oxygens (including phenoxy) is 1. The number of hydrogen-bond acceptors (Lipinski definition) is 5. The van der Waals surface area contributed by atoms with Crippen LogP contribution in [0.2, 0.25) is 0 Å². The van der Waals surface area contributed by atoms with E-state index in [1.165, 1.54) is 18.2 Å². The van der Waals surface area contributed by atoms with Crippen LogP contribution in [0, 0.1) is 5.92 Å². The molecule has 1 aliphatic heterocycles. The Morgan fingerprint density at radius 3 is 2.67 bits per heavy atom. The third-order valence-corrected chi connectivity index (χ3v) is 3.91. The molecule has 0 spiro atoms. The number of anilines is 1. The topological polar surface area (TPSA) is 95.9 Å². The maximum absolute atomic E-state index is 11.7. The SMILES string of the molecule is CC(C)CCOc1ccc(O)c(N2C(=O)C(=O)NS2=O)c1. The number of nitrogens with one attached hydrogen (secondary N) is 1. The first-order chi connectivity index (χ1) is 9.90. The lowest BCUT2D eigenvalue weighted by Crippen LogP contribution is -2.27. The number of rotatable bonds is 5. The van der Waals surface area contributed by atoms with Crippen molar-refractivity contribution in [2.45, 2.75) is 20.3 Å². The van der Waals surface area contributed by atoms with Gasteiger partial charge in [-0.2, -0.15) is 4.31 Å². The molecule has 21 heavy (non-hydrogen) atoms. The third kappa shape index (κ3) is 3.33. The first-order valence-corrected chi connectivity index (χ1v) is 7.53. The van der Waals surface area contributed by atoms with Gasteiger partial charge in [-0.25, -0.2) is 8.93 Å². The number of nitrogens with zero attached hydrogens (tertiary/aromatic N) is 1. The second-order valence-electron chi connectivity index (χ2n) is 4.96. The lowest BCUT2D eigenvalue weighted by molar-refractivity contribution is -0.134. The van der Waals surface area contributed by atoms with Gasteiger partial charge in [0.05, 0.1) is 6.61 Å². The van der Waals surface area contributed by atoms with E-state index in [2.05, 4.69) is 13.8 Å². The van der Waals surface area contributed by atoms with E-state index in [9.17, 15) is 18.9 Å². The Balaban J connectivity index is 2.21. The first-order valence-electron chi connectivity index (χ1n) is 6.43. The highest BCUT2D eigenvalue weighted by Crippen LogP contribution is 2.33. The Kier molecular flexibility index (Phi) is 4.46. The minimum Gasteiger partial charge on any atom is -0.506 e. The molecule has 1 fully saturated rings. The first kappa shape index (κ1) is 15.3. The minimum absolute atomic E-state index is 0.0290. The molecule has 1 aliphatic rings. The number of amides is 2. The number of benzene rings is 1. The molecule has 1 saturated heterocycles. The van der Waals surface area contributed by atoms with Gasteiger partial charge >= 0.3 is 11.8 Å². The van der Waals surface area contributed by atoms with E-state index < -0.39 is 23.0 Å². The van der Waals surface area contributed by atoms with Crippen molar-refractivity contribution in [3.8, 4) is 11.5 Å². The standard InChI is InChI=1S/C13H16N2O5S/c1-8(2)5-6-20-9-3-4-11(16)10(7-9)15-13(18)12(17)14-21(15)19/h3-4,7-8,16H,5-6H2,1-2H3,(H,14,17). The van der Waals surface area contributed by atoms with Gasteiger partial charge in [0.25, 0.3) is 0 Å². The Labute approximate surface area is 124 Å². The lowest BCUT2D eigenvalue weighted by Gasteiger charge is -2.15. The van der Waals surface area contributed by atoms with Crippen LogP contribution in [0.4, 0.5) is 5.69 Å². The second kappa shape index (κ2) is 6.13. The van der Waals surface area contributed by atoms with E-state index >= 15 is 0 Å². The fourth-order valence-corrected chi connectivity index (χ4v) is 2.60. The molecule has 1 aromatic rings. The monoisotopic (exact) mass is 312 g/mol. The van der Waals surface area contributed by atoms with Crippen LogP contribution in [0.15, 0.2) is 18.2 Å². The van der Waals surface area contributed by atoms with Crippen LogP contribution in [0.1, 0.15) is 20.3 Å². The largest absolute Gasteiger partial charge is 0.506 e. The molecule has 1 atom stereocenters. The number of aromatic hydroxyl groups is 1. The van der Waals surface area contributed by atoms with E-state index in [4.69, 9.17) is 4.74 Å². The molecule has 1 aromatic carbocycles. The molecule has 2 rings (SSSR count). The third-order valence-electron chi connectivity index (χ3n) is 2.85. The summed E-state index contributed by atoms with van der Waals surface area (Å²) in [4.78, 5) is 22.9. The summed E-state index contributed by atoms with van der Waals surface area (Å²) in [7, 11) is 0. The van der Waals surface area contributed by atoms with E-state index in [1.54, 1.807) is 0 Å². The Morgan fingerprint density at radius 2 is 2.10 bits per heavy atom. The normalized spacial score (nSPS) is 18.2. The molecule has 1 unspecified atom stereocenters. The van der Waals surface area contributed by atoms with Crippen molar-refractivity contribution in [1.29, 1.82) is 0 Å². The van der Waals surface area contributed by atoms with Crippen LogP contribution in [-0.2, 0) is 20.8 Å². The van der Waals surface area contributed by atoms with Crippen molar-refractivity contribution >= 4 is 28.7 Å². The molecule has 114 valence electrons. The van der Waals surface area contributed by atoms with Gasteiger partial charge in [-0.05, 0) is 24.5 Å². The van der Waals surface area contributed by atoms with Crippen molar-refractivity contribution in [3.63, 3.8) is 0 Å². The zero-order valence-corrected chi connectivity index (χ0v) is 12.5.